The molecule has 7 nitrogen and oxygen atoms in total. The molecule has 0 bridgehead atoms. The number of nitrogens with zero attached hydrogens (tertiary/aromatic N) is 2. The van der Waals surface area contributed by atoms with Gasteiger partial charge in [0.15, 0.2) is 11.5 Å². The molecule has 3 aromatic rings. The number of benzene rings is 3. The molecule has 0 aliphatic carbocycles. The van der Waals surface area contributed by atoms with Crippen molar-refractivity contribution < 1.29 is 24.2 Å². The summed E-state index contributed by atoms with van der Waals surface area (Å²) in [7, 11) is 0. The van der Waals surface area contributed by atoms with Gasteiger partial charge in [-0.25, -0.2) is 9.38 Å². The van der Waals surface area contributed by atoms with Crippen LogP contribution in [0.1, 0.15) is 22.3 Å². The van der Waals surface area contributed by atoms with Crippen LogP contribution in [0.15, 0.2) is 71.7 Å². The first-order valence-corrected chi connectivity index (χ1v) is 10.7. The molecule has 0 fully saturated rings. The van der Waals surface area contributed by atoms with Gasteiger partial charge in [0.1, 0.15) is 5.82 Å². The molecule has 3 N–H and O–H groups in total. The number of hydrogen-bond donors (Lipinski definition) is 3. The number of amides is 2. The summed E-state index contributed by atoms with van der Waals surface area (Å²) in [5.41, 5.74) is 3.32. The molecule has 2 amide bonds. The molecule has 34 heavy (non-hydrogen) atoms. The molecule has 170 valence electrons. The van der Waals surface area contributed by atoms with Gasteiger partial charge in [0.25, 0.3) is 5.91 Å². The number of aliphatic imine (C=N–C) groups is 1. The molecular weight excluding hydrogens is 437 g/mol. The van der Waals surface area contributed by atoms with E-state index in [4.69, 9.17) is 0 Å². The molecule has 2 aliphatic rings. The van der Waals surface area contributed by atoms with E-state index < -0.39 is 23.8 Å². The number of para-hydroxylation sites is 1. The van der Waals surface area contributed by atoms with Gasteiger partial charge in [0, 0.05) is 23.7 Å². The maximum absolute atomic E-state index is 14.8. The Hall–Kier alpha value is -4.46. The minimum atomic E-state index is -1.25. The van der Waals surface area contributed by atoms with E-state index in [9.17, 15) is 24.2 Å². The van der Waals surface area contributed by atoms with Gasteiger partial charge in [0.05, 0.1) is 11.4 Å². The second kappa shape index (κ2) is 8.47. The highest BCUT2D eigenvalue weighted by Gasteiger charge is 2.37. The first-order chi connectivity index (χ1) is 16.4. The molecule has 0 saturated carbocycles. The van der Waals surface area contributed by atoms with Gasteiger partial charge < -0.3 is 20.4 Å². The van der Waals surface area contributed by atoms with Gasteiger partial charge in [-0.05, 0) is 47.9 Å². The van der Waals surface area contributed by atoms with E-state index in [1.165, 1.54) is 36.4 Å². The lowest BCUT2D eigenvalue weighted by Crippen LogP contribution is -2.46. The van der Waals surface area contributed by atoms with Gasteiger partial charge >= 0.3 is 0 Å². The van der Waals surface area contributed by atoms with E-state index in [1.807, 2.05) is 12.1 Å². The zero-order chi connectivity index (χ0) is 23.8. The van der Waals surface area contributed by atoms with E-state index in [0.717, 1.165) is 5.56 Å². The van der Waals surface area contributed by atoms with Crippen LogP contribution in [-0.4, -0.2) is 40.4 Å². The van der Waals surface area contributed by atoms with Gasteiger partial charge in [0.2, 0.25) is 12.1 Å². The number of carbonyl (C=O) groups is 2. The zero-order valence-corrected chi connectivity index (χ0v) is 17.9. The summed E-state index contributed by atoms with van der Waals surface area (Å²) in [6.45, 7) is 0.445. The van der Waals surface area contributed by atoms with Crippen molar-refractivity contribution in [2.45, 2.75) is 12.6 Å². The second-order valence-electron chi connectivity index (χ2n) is 8.00. The molecule has 0 saturated heterocycles. The van der Waals surface area contributed by atoms with Crippen LogP contribution in [0, 0.1) is 5.82 Å². The molecule has 2 aliphatic heterocycles. The minimum absolute atomic E-state index is 0.242. The fourth-order valence-corrected chi connectivity index (χ4v) is 4.23. The van der Waals surface area contributed by atoms with Gasteiger partial charge in [-0.15, -0.1) is 0 Å². The van der Waals surface area contributed by atoms with Gasteiger partial charge in [-0.3, -0.25) is 9.59 Å². The summed E-state index contributed by atoms with van der Waals surface area (Å²) >= 11 is 0. The van der Waals surface area contributed by atoms with E-state index in [1.54, 1.807) is 29.2 Å². The third kappa shape index (κ3) is 3.79. The van der Waals surface area contributed by atoms with Crippen LogP contribution in [0.2, 0.25) is 0 Å². The normalized spacial score (nSPS) is 16.9. The van der Waals surface area contributed by atoms with Crippen molar-refractivity contribution >= 4 is 29.3 Å². The first-order valence-electron chi connectivity index (χ1n) is 10.7. The Labute approximate surface area is 194 Å². The largest absolute Gasteiger partial charge is 0.504 e. The van der Waals surface area contributed by atoms with Crippen LogP contribution in [0.25, 0.3) is 6.08 Å². The molecule has 3 aromatic carbocycles. The van der Waals surface area contributed by atoms with E-state index >= 15 is 0 Å². The summed E-state index contributed by atoms with van der Waals surface area (Å²) in [4.78, 5) is 32.1. The van der Waals surface area contributed by atoms with Crippen LogP contribution in [0.4, 0.5) is 10.1 Å². The lowest BCUT2D eigenvalue weighted by atomic mass is 9.98. The van der Waals surface area contributed by atoms with Crippen LogP contribution in [0.3, 0.4) is 0 Å². The van der Waals surface area contributed by atoms with Gasteiger partial charge in [-0.2, -0.15) is 0 Å². The number of phenolic OH excluding ortho intramolecular Hbond substituents is 2. The highest BCUT2D eigenvalue weighted by Crippen LogP contribution is 2.36. The van der Waals surface area contributed by atoms with E-state index in [0.29, 0.717) is 35.5 Å². The highest BCUT2D eigenvalue weighted by molar-refractivity contribution is 6.21. The Morgan fingerprint density at radius 2 is 1.85 bits per heavy atom. The van der Waals surface area contributed by atoms with Crippen LogP contribution in [0.5, 0.6) is 11.5 Å². The third-order valence-corrected chi connectivity index (χ3v) is 5.84. The maximum atomic E-state index is 14.8. The number of aromatic hydroxyl groups is 2. The smallest absolute Gasteiger partial charge is 0.272 e. The standard InChI is InChI=1S/C26H20FN3O4/c27-19-7-2-1-5-17(19)23-18-6-3-4-16-12-13-30(24(16)18)26(34)25(29-23)28-22(33)11-9-15-8-10-20(31)21(32)14-15/h1-11,14,25,31-32H,12-13H2,(H,28,33). The summed E-state index contributed by atoms with van der Waals surface area (Å²) < 4.78 is 14.8. The van der Waals surface area contributed by atoms with Crippen LogP contribution >= 0.6 is 0 Å². The Bertz CT molecular complexity index is 1380. The Kier molecular flexibility index (Phi) is 5.33. The molecule has 1 unspecified atom stereocenters. The molecule has 0 spiro atoms. The molecule has 1 atom stereocenters. The van der Waals surface area contributed by atoms with Crippen LogP contribution in [-0.2, 0) is 16.0 Å². The zero-order valence-electron chi connectivity index (χ0n) is 17.9. The van der Waals surface area contributed by atoms with E-state index in [-0.39, 0.29) is 17.1 Å². The topological polar surface area (TPSA) is 102 Å². The number of rotatable bonds is 4. The van der Waals surface area contributed by atoms with Crippen LogP contribution < -0.4 is 10.2 Å². The lowest BCUT2D eigenvalue weighted by Gasteiger charge is -2.20. The highest BCUT2D eigenvalue weighted by atomic mass is 19.1. The number of halogens is 1. The number of phenols is 2. The summed E-state index contributed by atoms with van der Waals surface area (Å²) in [6, 6.07) is 15.9. The molecule has 0 radical (unpaired) electrons. The van der Waals surface area contributed by atoms with Crippen molar-refractivity contribution in [1.82, 2.24) is 5.32 Å². The Balaban J connectivity index is 1.51. The number of hydrogen-bond acceptors (Lipinski definition) is 5. The fraction of sp³-hybridized carbons (Fsp3) is 0.115. The molecule has 8 heteroatoms. The number of carbonyl (C=O) groups excluding carboxylic acids is 2. The van der Waals surface area contributed by atoms with Crippen molar-refractivity contribution in [3.05, 3.63) is 94.8 Å². The van der Waals surface area contributed by atoms with Crippen molar-refractivity contribution in [3.8, 4) is 11.5 Å². The summed E-state index contributed by atoms with van der Waals surface area (Å²) in [6.07, 6.45) is 2.04. The van der Waals surface area contributed by atoms with Crippen molar-refractivity contribution in [2.24, 2.45) is 4.99 Å². The lowest BCUT2D eigenvalue weighted by molar-refractivity contribution is -0.125. The molecular formula is C26H20FN3O4. The SMILES string of the molecule is O=C(C=Cc1ccc(O)c(O)c1)NC1N=C(c2ccccc2F)c2cccc3c2N(CC3)C1=O. The minimum Gasteiger partial charge on any atom is -0.504 e. The maximum Gasteiger partial charge on any atom is 0.272 e. The van der Waals surface area contributed by atoms with Crippen molar-refractivity contribution in [3.63, 3.8) is 0 Å². The monoisotopic (exact) mass is 457 g/mol. The predicted octanol–water partition coefficient (Wildman–Crippen LogP) is 3.13. The first kappa shape index (κ1) is 21.4. The quantitative estimate of drug-likeness (QED) is 0.414. The number of nitrogens with one attached hydrogen (secondary N) is 1. The Morgan fingerprint density at radius 1 is 1.06 bits per heavy atom. The van der Waals surface area contributed by atoms with Crippen molar-refractivity contribution in [1.29, 1.82) is 0 Å². The summed E-state index contributed by atoms with van der Waals surface area (Å²) in [5, 5.41) is 21.6. The average Bonchev–Trinajstić information content (AvgIpc) is 3.22. The molecule has 5 rings (SSSR count). The Morgan fingerprint density at radius 3 is 2.65 bits per heavy atom. The number of anilines is 1. The third-order valence-electron chi connectivity index (χ3n) is 5.84. The van der Waals surface area contributed by atoms with Crippen molar-refractivity contribution in [2.75, 3.05) is 11.4 Å². The second-order valence-corrected chi connectivity index (χ2v) is 8.00. The summed E-state index contributed by atoms with van der Waals surface area (Å²) in [5.74, 6) is -2.06. The molecule has 2 heterocycles. The van der Waals surface area contributed by atoms with Gasteiger partial charge in [-0.1, -0.05) is 36.4 Å². The predicted molar refractivity (Wildman–Crippen MR) is 125 cm³/mol. The average molecular weight is 457 g/mol. The molecule has 0 aromatic heterocycles. The fourth-order valence-electron chi connectivity index (χ4n) is 4.23. The van der Waals surface area contributed by atoms with E-state index in [2.05, 4.69) is 10.3 Å².